The van der Waals surface area contributed by atoms with Gasteiger partial charge >= 0.3 is 5.88 Å². The summed E-state index contributed by atoms with van der Waals surface area (Å²) in [5.74, 6) is -0.524. The average molecular weight is 255 g/mol. The number of nitrogens with zero attached hydrogens (tertiary/aromatic N) is 1. The molecule has 0 saturated carbocycles. The molecule has 0 amide bonds. The fourth-order valence-corrected chi connectivity index (χ4v) is 3.28. The molecule has 1 atom stereocenters. The van der Waals surface area contributed by atoms with Crippen LogP contribution in [0.2, 0.25) is 0 Å². The number of benzene rings is 1. The first kappa shape index (κ1) is 14.0. The van der Waals surface area contributed by atoms with Gasteiger partial charge in [0.15, 0.2) is 4.90 Å². The molecule has 4 nitrogen and oxygen atoms in total. The van der Waals surface area contributed by atoms with E-state index in [1.807, 2.05) is 34.6 Å². The summed E-state index contributed by atoms with van der Waals surface area (Å²) in [4.78, 5) is 10.6. The monoisotopic (exact) mass is 255 g/mol. The average Bonchev–Trinajstić information content (AvgIpc) is 2.23. The predicted molar refractivity (Wildman–Crippen MR) is 68.4 cm³/mol. The third-order valence-electron chi connectivity index (χ3n) is 3.38. The molecule has 1 aromatic rings. The molecule has 0 aliphatic carbocycles. The van der Waals surface area contributed by atoms with Crippen molar-refractivity contribution in [2.45, 2.75) is 39.5 Å². The number of rotatable bonds is 3. The van der Waals surface area contributed by atoms with Crippen molar-refractivity contribution in [1.29, 1.82) is 0 Å². The lowest BCUT2D eigenvalue weighted by Gasteiger charge is -2.18. The van der Waals surface area contributed by atoms with Gasteiger partial charge in [-0.1, -0.05) is 0 Å². The highest BCUT2D eigenvalue weighted by molar-refractivity contribution is 7.91. The van der Waals surface area contributed by atoms with Gasteiger partial charge in [0.25, 0.3) is 0 Å². The van der Waals surface area contributed by atoms with Crippen molar-refractivity contribution in [3.05, 3.63) is 37.9 Å². The third kappa shape index (κ3) is 2.61. The zero-order valence-corrected chi connectivity index (χ0v) is 11.6. The molecule has 0 aliphatic heterocycles. The van der Waals surface area contributed by atoms with Crippen LogP contribution in [-0.4, -0.2) is 15.4 Å². The van der Waals surface area contributed by atoms with Crippen LogP contribution in [0.25, 0.3) is 0 Å². The van der Waals surface area contributed by atoms with E-state index in [2.05, 4.69) is 0 Å². The molecule has 0 aromatic heterocycles. The molecule has 0 fully saturated rings. The van der Waals surface area contributed by atoms with Crippen LogP contribution in [0.1, 0.15) is 27.8 Å². The SMILES string of the molecule is Cc1c(C)c(C)c([S+]([O-])C[N+](=O)[O-])c(C)c1C. The fraction of sp³-hybridized carbons (Fsp3) is 0.500. The summed E-state index contributed by atoms with van der Waals surface area (Å²) in [6, 6.07) is 0. The molecule has 0 N–H and O–H groups in total. The Morgan fingerprint density at radius 2 is 1.29 bits per heavy atom. The van der Waals surface area contributed by atoms with Gasteiger partial charge in [-0.25, -0.2) is 0 Å². The normalized spacial score (nSPS) is 12.6. The summed E-state index contributed by atoms with van der Waals surface area (Å²) < 4.78 is 12.0. The maximum absolute atomic E-state index is 12.0. The highest BCUT2D eigenvalue weighted by Crippen LogP contribution is 2.30. The van der Waals surface area contributed by atoms with Gasteiger partial charge < -0.3 is 4.55 Å². The predicted octanol–water partition coefficient (Wildman–Crippen LogP) is 2.57. The van der Waals surface area contributed by atoms with E-state index >= 15 is 0 Å². The Morgan fingerprint density at radius 1 is 0.941 bits per heavy atom. The Hall–Kier alpha value is -1.07. The molecule has 0 aliphatic rings. The van der Waals surface area contributed by atoms with Crippen LogP contribution < -0.4 is 0 Å². The molecule has 0 spiro atoms. The van der Waals surface area contributed by atoms with E-state index in [0.29, 0.717) is 4.90 Å². The summed E-state index contributed by atoms with van der Waals surface area (Å²) in [6.07, 6.45) is 0. The maximum atomic E-state index is 12.0. The zero-order valence-electron chi connectivity index (χ0n) is 10.8. The van der Waals surface area contributed by atoms with Crippen molar-refractivity contribution in [2.24, 2.45) is 0 Å². The fourth-order valence-electron chi connectivity index (χ4n) is 1.97. The van der Waals surface area contributed by atoms with Crippen LogP contribution >= 0.6 is 0 Å². The van der Waals surface area contributed by atoms with Crippen molar-refractivity contribution >= 4 is 11.2 Å². The molecule has 94 valence electrons. The highest BCUT2D eigenvalue weighted by Gasteiger charge is 2.25. The van der Waals surface area contributed by atoms with Crippen LogP contribution in [0.15, 0.2) is 4.90 Å². The lowest BCUT2D eigenvalue weighted by atomic mass is 9.95. The van der Waals surface area contributed by atoms with Gasteiger partial charge in [-0.3, -0.25) is 10.1 Å². The standard InChI is InChI=1S/C12H17NO3S/c1-7-8(2)10(4)12(11(5)9(7)3)17(16)6-13(14)15/h6H2,1-5H3. The van der Waals surface area contributed by atoms with E-state index in [1.165, 1.54) is 5.56 Å². The molecule has 0 heterocycles. The van der Waals surface area contributed by atoms with Gasteiger partial charge in [0.1, 0.15) is 0 Å². The van der Waals surface area contributed by atoms with Gasteiger partial charge in [0.05, 0.1) is 16.1 Å². The van der Waals surface area contributed by atoms with Crippen molar-refractivity contribution in [1.82, 2.24) is 0 Å². The van der Waals surface area contributed by atoms with E-state index in [4.69, 9.17) is 0 Å². The zero-order chi connectivity index (χ0) is 13.3. The first-order valence-electron chi connectivity index (χ1n) is 5.34. The first-order valence-corrected chi connectivity index (χ1v) is 6.66. The number of hydrogen-bond acceptors (Lipinski definition) is 3. The largest absolute Gasteiger partial charge is 0.606 e. The maximum Gasteiger partial charge on any atom is 0.353 e. The Morgan fingerprint density at radius 3 is 1.65 bits per heavy atom. The summed E-state index contributed by atoms with van der Waals surface area (Å²) in [5, 5.41) is 10.5. The third-order valence-corrected chi connectivity index (χ3v) is 4.89. The van der Waals surface area contributed by atoms with Gasteiger partial charge in [-0.05, 0) is 51.3 Å². The van der Waals surface area contributed by atoms with Gasteiger partial charge in [-0.2, -0.15) is 0 Å². The van der Waals surface area contributed by atoms with Crippen LogP contribution in [0.3, 0.4) is 0 Å². The minimum Gasteiger partial charge on any atom is -0.606 e. The van der Waals surface area contributed by atoms with E-state index in [0.717, 1.165) is 22.3 Å². The van der Waals surface area contributed by atoms with Crippen LogP contribution in [0, 0.1) is 44.7 Å². The Kier molecular flexibility index (Phi) is 4.16. The van der Waals surface area contributed by atoms with Gasteiger partial charge in [0, 0.05) is 11.1 Å². The molecular weight excluding hydrogens is 238 g/mol. The minimum absolute atomic E-state index is 0.524. The van der Waals surface area contributed by atoms with E-state index in [1.54, 1.807) is 0 Å². The molecule has 1 aromatic carbocycles. The van der Waals surface area contributed by atoms with Crippen molar-refractivity contribution in [2.75, 3.05) is 5.88 Å². The van der Waals surface area contributed by atoms with Crippen LogP contribution in [0.4, 0.5) is 0 Å². The topological polar surface area (TPSA) is 66.2 Å². The quantitative estimate of drug-likeness (QED) is 0.473. The lowest BCUT2D eigenvalue weighted by Crippen LogP contribution is -2.18. The summed E-state index contributed by atoms with van der Waals surface area (Å²) in [5.41, 5.74) is 5.12. The Labute approximate surface area is 104 Å². The van der Waals surface area contributed by atoms with E-state index in [-0.39, 0.29) is 0 Å². The first-order chi connectivity index (χ1) is 7.77. The second kappa shape index (κ2) is 5.06. The van der Waals surface area contributed by atoms with Crippen molar-refractivity contribution in [3.63, 3.8) is 0 Å². The van der Waals surface area contributed by atoms with Gasteiger partial charge in [0.2, 0.25) is 0 Å². The van der Waals surface area contributed by atoms with E-state index < -0.39 is 22.0 Å². The second-order valence-electron chi connectivity index (χ2n) is 4.26. The number of nitro groups is 1. The molecule has 1 unspecified atom stereocenters. The Balaban J connectivity index is 3.38. The summed E-state index contributed by atoms with van der Waals surface area (Å²) in [6.45, 7) is 9.70. The molecule has 0 bridgehead atoms. The molecule has 5 heteroatoms. The van der Waals surface area contributed by atoms with Crippen molar-refractivity contribution in [3.8, 4) is 0 Å². The molecule has 1 rings (SSSR count). The highest BCUT2D eigenvalue weighted by atomic mass is 32.2. The molecular formula is C12H17NO3S. The lowest BCUT2D eigenvalue weighted by molar-refractivity contribution is -0.458. The van der Waals surface area contributed by atoms with Crippen molar-refractivity contribution < 1.29 is 9.48 Å². The molecule has 17 heavy (non-hydrogen) atoms. The smallest absolute Gasteiger partial charge is 0.353 e. The molecule has 0 radical (unpaired) electrons. The minimum atomic E-state index is -1.56. The van der Waals surface area contributed by atoms with E-state index in [9.17, 15) is 14.7 Å². The molecule has 0 saturated heterocycles. The summed E-state index contributed by atoms with van der Waals surface area (Å²) in [7, 11) is 0. The van der Waals surface area contributed by atoms with Crippen LogP contribution in [0.5, 0.6) is 0 Å². The number of hydrogen-bond donors (Lipinski definition) is 0. The second-order valence-corrected chi connectivity index (χ2v) is 5.62. The summed E-state index contributed by atoms with van der Waals surface area (Å²) >= 11 is -1.56. The van der Waals surface area contributed by atoms with Crippen LogP contribution in [-0.2, 0) is 11.2 Å². The Bertz CT molecular complexity index is 442. The van der Waals surface area contributed by atoms with Gasteiger partial charge in [-0.15, -0.1) is 0 Å².